The fraction of sp³-hybridized carbons (Fsp3) is 0.0476. The summed E-state index contributed by atoms with van der Waals surface area (Å²) < 4.78 is 5.42. The summed E-state index contributed by atoms with van der Waals surface area (Å²) in [6, 6.07) is 17.4. The van der Waals surface area contributed by atoms with Crippen LogP contribution in [0.5, 0.6) is 11.5 Å². The van der Waals surface area contributed by atoms with Gasteiger partial charge in [0.1, 0.15) is 22.4 Å². The lowest BCUT2D eigenvalue weighted by Crippen LogP contribution is -2.09. The van der Waals surface area contributed by atoms with E-state index in [1.165, 1.54) is 11.3 Å². The smallest absolute Gasteiger partial charge is 0.270 e. The highest BCUT2D eigenvalue weighted by Gasteiger charge is 2.17. The van der Waals surface area contributed by atoms with Gasteiger partial charge in [0.2, 0.25) is 0 Å². The highest BCUT2D eigenvalue weighted by Crippen LogP contribution is 2.39. The predicted octanol–water partition coefficient (Wildman–Crippen LogP) is 4.51. The lowest BCUT2D eigenvalue weighted by atomic mass is 9.99. The molecular formula is C21H14N2O3S. The second-order valence-corrected chi connectivity index (χ2v) is 6.80. The van der Waals surface area contributed by atoms with E-state index < -0.39 is 5.56 Å². The lowest BCUT2D eigenvalue weighted by molar-refractivity contribution is 0.416. The minimum atomic E-state index is -0.581. The molecule has 0 fully saturated rings. The standard InChI is InChI=1S/C21H14N2O3S/c1-26-17-5-3-2-4-14(17)12-6-8-13(9-7-12)16-11-27-21-18(16)19(24)15(10-22)20(25)23-21/h2-9,11H,1H3,(H2,23,24,25). The number of para-hydroxylation sites is 1. The Balaban J connectivity index is 1.84. The summed E-state index contributed by atoms with van der Waals surface area (Å²) in [6.07, 6.45) is 0. The van der Waals surface area contributed by atoms with Crippen LogP contribution in [0.25, 0.3) is 32.5 Å². The van der Waals surface area contributed by atoms with Crippen molar-refractivity contribution in [2.24, 2.45) is 0 Å². The van der Waals surface area contributed by atoms with Crippen molar-refractivity contribution in [3.63, 3.8) is 0 Å². The number of pyridine rings is 1. The van der Waals surface area contributed by atoms with E-state index in [1.54, 1.807) is 13.2 Å². The molecule has 132 valence electrons. The number of aromatic hydroxyl groups is 1. The van der Waals surface area contributed by atoms with Crippen LogP contribution >= 0.6 is 11.3 Å². The Morgan fingerprint density at radius 2 is 1.74 bits per heavy atom. The first-order chi connectivity index (χ1) is 13.1. The van der Waals surface area contributed by atoms with Crippen LogP contribution in [0.1, 0.15) is 5.56 Å². The molecule has 0 unspecified atom stereocenters. The minimum Gasteiger partial charge on any atom is -0.506 e. The SMILES string of the molecule is COc1ccccc1-c1ccc(-c2csc3[nH]c(=O)c(C#N)c(O)c23)cc1. The topological polar surface area (TPSA) is 86.1 Å². The number of nitrogens with one attached hydrogen (secondary N) is 1. The molecule has 2 heterocycles. The largest absolute Gasteiger partial charge is 0.506 e. The molecule has 0 atom stereocenters. The molecule has 0 aliphatic carbocycles. The maximum absolute atomic E-state index is 11.8. The maximum atomic E-state index is 11.8. The Morgan fingerprint density at radius 3 is 2.41 bits per heavy atom. The van der Waals surface area contributed by atoms with Gasteiger partial charge in [0, 0.05) is 16.5 Å². The fourth-order valence-corrected chi connectivity index (χ4v) is 4.08. The number of hydrogen-bond acceptors (Lipinski definition) is 5. The van der Waals surface area contributed by atoms with Crippen LogP contribution in [0.3, 0.4) is 0 Å². The summed E-state index contributed by atoms with van der Waals surface area (Å²) in [7, 11) is 1.64. The van der Waals surface area contributed by atoms with Crippen LogP contribution in [0.2, 0.25) is 0 Å². The van der Waals surface area contributed by atoms with Crippen LogP contribution in [0, 0.1) is 11.3 Å². The molecule has 0 amide bonds. The van der Waals surface area contributed by atoms with Crippen molar-refractivity contribution in [1.82, 2.24) is 4.98 Å². The van der Waals surface area contributed by atoms with Gasteiger partial charge in [-0.3, -0.25) is 4.79 Å². The molecule has 0 radical (unpaired) electrons. The second kappa shape index (κ2) is 6.63. The van der Waals surface area contributed by atoms with Gasteiger partial charge >= 0.3 is 0 Å². The quantitative estimate of drug-likeness (QED) is 0.552. The molecule has 0 spiro atoms. The third-order valence-corrected chi connectivity index (χ3v) is 5.34. The normalized spacial score (nSPS) is 10.7. The number of aromatic amines is 1. The van der Waals surface area contributed by atoms with Crippen LogP contribution in [0.15, 0.2) is 58.7 Å². The van der Waals surface area contributed by atoms with Crippen molar-refractivity contribution >= 4 is 21.6 Å². The number of aromatic nitrogens is 1. The van der Waals surface area contributed by atoms with E-state index in [0.717, 1.165) is 28.0 Å². The monoisotopic (exact) mass is 374 g/mol. The summed E-state index contributed by atoms with van der Waals surface area (Å²) in [5.74, 6) is 0.515. The number of ether oxygens (including phenoxy) is 1. The van der Waals surface area contributed by atoms with Gasteiger partial charge in [-0.1, -0.05) is 42.5 Å². The summed E-state index contributed by atoms with van der Waals surface area (Å²) in [6.45, 7) is 0. The molecule has 0 saturated heterocycles. The third kappa shape index (κ3) is 2.75. The predicted molar refractivity (Wildman–Crippen MR) is 106 cm³/mol. The zero-order valence-electron chi connectivity index (χ0n) is 14.3. The van der Waals surface area contributed by atoms with E-state index in [1.807, 2.05) is 53.9 Å². The highest BCUT2D eigenvalue weighted by molar-refractivity contribution is 7.17. The van der Waals surface area contributed by atoms with Gasteiger partial charge in [-0.15, -0.1) is 11.3 Å². The van der Waals surface area contributed by atoms with E-state index in [0.29, 0.717) is 10.2 Å². The molecule has 2 aromatic heterocycles. The molecule has 0 bridgehead atoms. The highest BCUT2D eigenvalue weighted by atomic mass is 32.1. The molecule has 0 aliphatic rings. The zero-order valence-corrected chi connectivity index (χ0v) is 15.1. The molecule has 4 rings (SSSR count). The van der Waals surface area contributed by atoms with E-state index >= 15 is 0 Å². The number of methoxy groups -OCH3 is 1. The van der Waals surface area contributed by atoms with Crippen LogP contribution in [-0.4, -0.2) is 17.2 Å². The van der Waals surface area contributed by atoms with Crippen molar-refractivity contribution in [1.29, 1.82) is 5.26 Å². The number of nitrogens with zero attached hydrogens (tertiary/aromatic N) is 1. The molecular weight excluding hydrogens is 360 g/mol. The minimum absolute atomic E-state index is 0.271. The van der Waals surface area contributed by atoms with Gasteiger partial charge in [0.25, 0.3) is 5.56 Å². The van der Waals surface area contributed by atoms with Crippen LogP contribution < -0.4 is 10.3 Å². The summed E-state index contributed by atoms with van der Waals surface area (Å²) in [4.78, 5) is 15.0. The lowest BCUT2D eigenvalue weighted by Gasteiger charge is -2.09. The molecule has 4 aromatic rings. The number of nitriles is 1. The molecule has 27 heavy (non-hydrogen) atoms. The first-order valence-corrected chi connectivity index (χ1v) is 9.02. The summed E-state index contributed by atoms with van der Waals surface area (Å²) in [5.41, 5.74) is 2.79. The van der Waals surface area contributed by atoms with E-state index in [-0.39, 0.29) is 11.3 Å². The Labute approximate surface area is 158 Å². The van der Waals surface area contributed by atoms with Crippen molar-refractivity contribution in [2.75, 3.05) is 7.11 Å². The van der Waals surface area contributed by atoms with Gasteiger partial charge < -0.3 is 14.8 Å². The fourth-order valence-electron chi connectivity index (χ4n) is 3.11. The molecule has 0 aliphatic heterocycles. The van der Waals surface area contributed by atoms with E-state index in [4.69, 9.17) is 10.00 Å². The molecule has 2 aromatic carbocycles. The van der Waals surface area contributed by atoms with Gasteiger partial charge in [0.05, 0.1) is 12.5 Å². The molecule has 5 nitrogen and oxygen atoms in total. The van der Waals surface area contributed by atoms with Gasteiger partial charge in [0.15, 0.2) is 5.56 Å². The van der Waals surface area contributed by atoms with E-state index in [2.05, 4.69) is 4.98 Å². The van der Waals surface area contributed by atoms with Crippen molar-refractivity contribution < 1.29 is 9.84 Å². The number of fused-ring (bicyclic) bond motifs is 1. The van der Waals surface area contributed by atoms with Crippen LogP contribution in [0.4, 0.5) is 0 Å². The average molecular weight is 374 g/mol. The molecule has 6 heteroatoms. The average Bonchev–Trinajstić information content (AvgIpc) is 3.12. The Kier molecular flexibility index (Phi) is 4.15. The zero-order chi connectivity index (χ0) is 19.0. The first kappa shape index (κ1) is 16.9. The Hall–Kier alpha value is -3.56. The second-order valence-electron chi connectivity index (χ2n) is 5.92. The van der Waals surface area contributed by atoms with E-state index in [9.17, 15) is 9.90 Å². The number of hydrogen-bond donors (Lipinski definition) is 2. The number of H-pyrrole nitrogens is 1. The van der Waals surface area contributed by atoms with Crippen molar-refractivity contribution in [3.05, 3.63) is 69.8 Å². The van der Waals surface area contributed by atoms with Crippen molar-refractivity contribution in [3.8, 4) is 39.8 Å². The van der Waals surface area contributed by atoms with Gasteiger partial charge in [-0.2, -0.15) is 5.26 Å². The van der Waals surface area contributed by atoms with Gasteiger partial charge in [-0.05, 0) is 17.2 Å². The Bertz CT molecular complexity index is 1250. The Morgan fingerprint density at radius 1 is 1.07 bits per heavy atom. The number of rotatable bonds is 3. The summed E-state index contributed by atoms with van der Waals surface area (Å²) in [5, 5.41) is 21.9. The third-order valence-electron chi connectivity index (χ3n) is 4.44. The first-order valence-electron chi connectivity index (χ1n) is 8.14. The summed E-state index contributed by atoms with van der Waals surface area (Å²) >= 11 is 1.32. The molecule has 0 saturated carbocycles. The number of benzene rings is 2. The molecule has 2 N–H and O–H groups in total. The number of thiophene rings is 1. The van der Waals surface area contributed by atoms with Crippen molar-refractivity contribution in [2.45, 2.75) is 0 Å². The maximum Gasteiger partial charge on any atom is 0.270 e. The van der Waals surface area contributed by atoms with Crippen LogP contribution in [-0.2, 0) is 0 Å². The van der Waals surface area contributed by atoms with Gasteiger partial charge in [-0.25, -0.2) is 0 Å².